The first kappa shape index (κ1) is 18.5. The molecule has 0 radical (unpaired) electrons. The van der Waals surface area contributed by atoms with Gasteiger partial charge in [0.1, 0.15) is 0 Å². The molecule has 1 N–H and O–H groups in total. The Balaban J connectivity index is 1.48. The summed E-state index contributed by atoms with van der Waals surface area (Å²) in [6, 6.07) is 14.3. The van der Waals surface area contributed by atoms with Gasteiger partial charge in [-0.15, -0.1) is 0 Å². The molecule has 6 rings (SSSR count). The van der Waals surface area contributed by atoms with Gasteiger partial charge in [0, 0.05) is 5.02 Å². The van der Waals surface area contributed by atoms with Gasteiger partial charge in [0.2, 0.25) is 5.91 Å². The average Bonchev–Trinajstić information content (AvgIpc) is 2.64. The van der Waals surface area contributed by atoms with E-state index in [1.807, 2.05) is 0 Å². The standard InChI is InChI=1S/C24H25Cl2NO/c1-15-2-4-18(5-3-15)23-10-16-8-17(11-23)13-24(12-16,14-23)22(28)27-21-9-19(25)6-7-20(21)26/h2-7,9,16-17H,8,10-14H2,1H3,(H,27,28)/t16-,17-,23?,24?/m1/s1. The highest BCUT2D eigenvalue weighted by Crippen LogP contribution is 2.66. The minimum absolute atomic E-state index is 0.127. The molecule has 0 heterocycles. The molecule has 4 aliphatic carbocycles. The largest absolute Gasteiger partial charge is 0.324 e. The lowest BCUT2D eigenvalue weighted by Gasteiger charge is -2.61. The molecule has 4 heteroatoms. The zero-order valence-electron chi connectivity index (χ0n) is 16.1. The van der Waals surface area contributed by atoms with Crippen LogP contribution in [0.2, 0.25) is 10.0 Å². The van der Waals surface area contributed by atoms with E-state index >= 15 is 0 Å². The van der Waals surface area contributed by atoms with Crippen molar-refractivity contribution in [2.45, 2.75) is 50.9 Å². The highest BCUT2D eigenvalue weighted by Gasteiger charge is 2.60. The average molecular weight is 414 g/mol. The number of rotatable bonds is 3. The Morgan fingerprint density at radius 3 is 2.36 bits per heavy atom. The van der Waals surface area contributed by atoms with Crippen LogP contribution in [0.5, 0.6) is 0 Å². The van der Waals surface area contributed by atoms with E-state index in [4.69, 9.17) is 23.2 Å². The van der Waals surface area contributed by atoms with Gasteiger partial charge in [-0.1, -0.05) is 53.0 Å². The SMILES string of the molecule is Cc1ccc(C23C[C@H]4C[C@@H](CC(C(=O)Nc5cc(Cl)ccc5Cl)(C4)C2)C3)cc1. The first-order chi connectivity index (χ1) is 13.4. The maximum absolute atomic E-state index is 13.5. The van der Waals surface area contributed by atoms with E-state index in [0.717, 1.165) is 19.3 Å². The van der Waals surface area contributed by atoms with E-state index in [-0.39, 0.29) is 16.7 Å². The number of carbonyl (C=O) groups is 1. The van der Waals surface area contributed by atoms with Gasteiger partial charge in [0.15, 0.2) is 0 Å². The molecule has 28 heavy (non-hydrogen) atoms. The number of hydrogen-bond acceptors (Lipinski definition) is 1. The maximum atomic E-state index is 13.5. The van der Waals surface area contributed by atoms with E-state index in [9.17, 15) is 4.79 Å². The van der Waals surface area contributed by atoms with Gasteiger partial charge in [0.05, 0.1) is 16.1 Å². The van der Waals surface area contributed by atoms with Crippen molar-refractivity contribution in [3.63, 3.8) is 0 Å². The summed E-state index contributed by atoms with van der Waals surface area (Å²) >= 11 is 12.4. The minimum atomic E-state index is -0.291. The fraction of sp³-hybridized carbons (Fsp3) is 0.458. The van der Waals surface area contributed by atoms with Crippen molar-refractivity contribution in [2.75, 3.05) is 5.32 Å². The number of benzene rings is 2. The topological polar surface area (TPSA) is 29.1 Å². The third-order valence-electron chi connectivity index (χ3n) is 7.38. The van der Waals surface area contributed by atoms with E-state index in [2.05, 4.69) is 36.5 Å². The first-order valence-corrected chi connectivity index (χ1v) is 11.0. The van der Waals surface area contributed by atoms with Gasteiger partial charge in [-0.3, -0.25) is 4.79 Å². The van der Waals surface area contributed by atoms with Crippen LogP contribution in [0.1, 0.15) is 49.7 Å². The van der Waals surface area contributed by atoms with Gasteiger partial charge >= 0.3 is 0 Å². The van der Waals surface area contributed by atoms with Crippen molar-refractivity contribution >= 4 is 34.8 Å². The highest BCUT2D eigenvalue weighted by atomic mass is 35.5. The Kier molecular flexibility index (Phi) is 4.30. The molecule has 2 aromatic rings. The molecule has 146 valence electrons. The van der Waals surface area contributed by atoms with Crippen LogP contribution in [0.15, 0.2) is 42.5 Å². The third kappa shape index (κ3) is 2.97. The van der Waals surface area contributed by atoms with Crippen LogP contribution in [-0.2, 0) is 10.2 Å². The zero-order valence-corrected chi connectivity index (χ0v) is 17.6. The van der Waals surface area contributed by atoms with Gasteiger partial charge in [-0.2, -0.15) is 0 Å². The number of hydrogen-bond donors (Lipinski definition) is 1. The molecule has 4 fully saturated rings. The smallest absolute Gasteiger partial charge is 0.230 e. The molecule has 0 saturated heterocycles. The molecule has 4 aliphatic rings. The first-order valence-electron chi connectivity index (χ1n) is 10.2. The second-order valence-corrected chi connectivity index (χ2v) is 10.3. The molecule has 0 spiro atoms. The van der Waals surface area contributed by atoms with Crippen molar-refractivity contribution in [3.8, 4) is 0 Å². The quantitative estimate of drug-likeness (QED) is 0.589. The lowest BCUT2D eigenvalue weighted by molar-refractivity contribution is -0.143. The number of amides is 1. The molecule has 4 bridgehead atoms. The second kappa shape index (κ2) is 6.50. The lowest BCUT2D eigenvalue weighted by Crippen LogP contribution is -2.58. The molecule has 1 amide bonds. The van der Waals surface area contributed by atoms with E-state index < -0.39 is 0 Å². The summed E-state index contributed by atoms with van der Waals surface area (Å²) in [6.07, 6.45) is 6.67. The van der Waals surface area contributed by atoms with Gasteiger partial charge < -0.3 is 5.32 Å². The zero-order chi connectivity index (χ0) is 19.5. The van der Waals surface area contributed by atoms with Gasteiger partial charge in [0.25, 0.3) is 0 Å². The molecule has 4 saturated carbocycles. The molecular weight excluding hydrogens is 389 g/mol. The Bertz CT molecular complexity index is 922. The van der Waals surface area contributed by atoms with Crippen LogP contribution < -0.4 is 5.32 Å². The van der Waals surface area contributed by atoms with Crippen LogP contribution in [0.3, 0.4) is 0 Å². The van der Waals surface area contributed by atoms with Crippen LogP contribution in [0.25, 0.3) is 0 Å². The van der Waals surface area contributed by atoms with E-state index in [0.29, 0.717) is 27.6 Å². The number of halogens is 2. The summed E-state index contributed by atoms with van der Waals surface area (Å²) < 4.78 is 0. The molecule has 0 unspecified atom stereocenters. The Hall–Kier alpha value is -1.51. The predicted octanol–water partition coefficient (Wildman–Crippen LogP) is 6.78. The normalized spacial score (nSPS) is 33.1. The molecule has 2 aromatic carbocycles. The Morgan fingerprint density at radius 2 is 1.68 bits per heavy atom. The molecule has 2 nitrogen and oxygen atoms in total. The van der Waals surface area contributed by atoms with Crippen molar-refractivity contribution in [1.82, 2.24) is 0 Å². The number of aryl methyl sites for hydroxylation is 1. The fourth-order valence-corrected chi connectivity index (χ4v) is 6.96. The Morgan fingerprint density at radius 1 is 1.00 bits per heavy atom. The number of anilines is 1. The van der Waals surface area contributed by atoms with E-state index in [1.165, 1.54) is 30.4 Å². The molecule has 2 atom stereocenters. The molecule has 0 aliphatic heterocycles. The molecular formula is C24H25Cl2NO. The monoisotopic (exact) mass is 413 g/mol. The lowest BCUT2D eigenvalue weighted by atomic mass is 9.42. The Labute approximate surface area is 176 Å². The minimum Gasteiger partial charge on any atom is -0.324 e. The second-order valence-electron chi connectivity index (χ2n) is 9.47. The fourth-order valence-electron chi connectivity index (χ4n) is 6.62. The van der Waals surface area contributed by atoms with Crippen molar-refractivity contribution < 1.29 is 4.79 Å². The van der Waals surface area contributed by atoms with Crippen LogP contribution in [0.4, 0.5) is 5.69 Å². The summed E-state index contributed by atoms with van der Waals surface area (Å²) in [5.74, 6) is 1.41. The molecule has 0 aromatic heterocycles. The van der Waals surface area contributed by atoms with Gasteiger partial charge in [-0.05, 0) is 86.5 Å². The number of carbonyl (C=O) groups excluding carboxylic acids is 1. The maximum Gasteiger partial charge on any atom is 0.230 e. The third-order valence-corrected chi connectivity index (χ3v) is 7.95. The van der Waals surface area contributed by atoms with Crippen LogP contribution in [0, 0.1) is 24.2 Å². The van der Waals surface area contributed by atoms with Gasteiger partial charge in [-0.25, -0.2) is 0 Å². The number of nitrogens with one attached hydrogen (secondary N) is 1. The van der Waals surface area contributed by atoms with Crippen LogP contribution >= 0.6 is 23.2 Å². The van der Waals surface area contributed by atoms with Crippen molar-refractivity contribution in [3.05, 3.63) is 63.6 Å². The van der Waals surface area contributed by atoms with Crippen LogP contribution in [-0.4, -0.2) is 5.91 Å². The predicted molar refractivity (Wildman–Crippen MR) is 115 cm³/mol. The summed E-state index contributed by atoms with van der Waals surface area (Å²) in [4.78, 5) is 13.5. The highest BCUT2D eigenvalue weighted by molar-refractivity contribution is 6.35. The summed E-state index contributed by atoms with van der Waals surface area (Å²) in [5, 5.41) is 4.25. The van der Waals surface area contributed by atoms with E-state index in [1.54, 1.807) is 18.2 Å². The summed E-state index contributed by atoms with van der Waals surface area (Å²) in [6.45, 7) is 2.13. The summed E-state index contributed by atoms with van der Waals surface area (Å²) in [5.41, 5.74) is 3.19. The van der Waals surface area contributed by atoms with Crippen molar-refractivity contribution in [1.29, 1.82) is 0 Å². The van der Waals surface area contributed by atoms with Crippen molar-refractivity contribution in [2.24, 2.45) is 17.3 Å². The summed E-state index contributed by atoms with van der Waals surface area (Å²) in [7, 11) is 0.